The largest absolute Gasteiger partial charge is 0.463 e. The van der Waals surface area contributed by atoms with Gasteiger partial charge in [0.2, 0.25) is 0 Å². The molecule has 0 spiro atoms. The summed E-state index contributed by atoms with van der Waals surface area (Å²) in [5, 5.41) is 0. The number of esters is 1. The number of halogens is 28. The third-order valence-corrected chi connectivity index (χ3v) is 13.9. The number of carbonyl (C=O) groups excluding carboxylic acids is 1. The average Bonchev–Trinajstić information content (AvgIpc) is 3.13. The Morgan fingerprint density at radius 2 is 0.776 bits per heavy atom. The second-order valence-electron chi connectivity index (χ2n) is 16.0. The highest BCUT2D eigenvalue weighted by Gasteiger charge is 2.91. The first-order valence-electron chi connectivity index (χ1n) is 19.1. The Morgan fingerprint density at radius 1 is 0.507 bits per heavy atom. The lowest BCUT2D eigenvalue weighted by Crippen LogP contribution is -2.71. The van der Waals surface area contributed by atoms with Crippen LogP contribution in [0.25, 0.3) is 0 Å². The molecule has 3 nitrogen and oxygen atoms in total. The van der Waals surface area contributed by atoms with Crippen LogP contribution in [0.5, 0.6) is 0 Å². The number of alkyl halides is 28. The number of nitrogens with zero attached hydrogens (tertiary/aromatic N) is 1. The summed E-state index contributed by atoms with van der Waals surface area (Å²) in [5.74, 6) is -88.8. The predicted molar refractivity (Wildman–Crippen MR) is 230 cm³/mol. The smallest absolute Gasteiger partial charge is 0.384 e. The lowest BCUT2D eigenvalue weighted by atomic mass is 9.87. The van der Waals surface area contributed by atoms with Gasteiger partial charge in [0, 0.05) is 44.0 Å². The van der Waals surface area contributed by atoms with Crippen LogP contribution in [0.15, 0.2) is 12.7 Å². The van der Waals surface area contributed by atoms with Gasteiger partial charge in [0.25, 0.3) is 0 Å². The lowest BCUT2D eigenvalue weighted by molar-refractivity contribution is -0.425. The Balaban J connectivity index is 5.92. The molecule has 0 heterocycles. The normalized spacial score (nSPS) is 17.3. The van der Waals surface area contributed by atoms with Crippen molar-refractivity contribution in [1.29, 1.82) is 0 Å². The summed E-state index contributed by atoms with van der Waals surface area (Å²) < 4.78 is 345. The molecule has 0 saturated carbocycles. The number of carbonyl (C=O) groups is 1. The molecule has 0 aromatic heterocycles. The summed E-state index contributed by atoms with van der Waals surface area (Å²) in [6.45, 7) is 3.05. The van der Waals surface area contributed by atoms with Gasteiger partial charge in [0.1, 0.15) is 10.0 Å². The van der Waals surface area contributed by atoms with Crippen LogP contribution in [0, 0.1) is 0 Å². The third kappa shape index (κ3) is 14.8. The molecule has 0 amide bonds. The van der Waals surface area contributed by atoms with E-state index in [1.165, 1.54) is 25.1 Å². The molecule has 0 saturated heterocycles. The molecule has 4 atom stereocenters. The molecule has 0 aliphatic carbocycles. The highest BCUT2D eigenvalue weighted by Crippen LogP contribution is 2.64. The van der Waals surface area contributed by atoms with Crippen LogP contribution >= 0.6 is 90.4 Å². The van der Waals surface area contributed by atoms with Crippen LogP contribution in [0.4, 0.5) is 105 Å². The van der Waals surface area contributed by atoms with Gasteiger partial charge in [-0.2, -0.15) is 105 Å². The Kier molecular flexibility index (Phi) is 23.9. The van der Waals surface area contributed by atoms with Crippen molar-refractivity contribution in [3.63, 3.8) is 0 Å². The molecule has 0 aromatic rings. The molecule has 0 N–H and O–H groups in total. The molecule has 400 valence electrons. The maximum Gasteiger partial charge on any atom is 0.384 e. The molecule has 67 heavy (non-hydrogen) atoms. The minimum absolute atomic E-state index is 0.0228. The third-order valence-electron chi connectivity index (χ3n) is 9.85. The Hall–Kier alpha value is 0.410. The van der Waals surface area contributed by atoms with Crippen molar-refractivity contribution >= 4 is 96.3 Å². The van der Waals surface area contributed by atoms with Gasteiger partial charge in [-0.1, -0.05) is 116 Å². The SMILES string of the molecule is C=CCCCCC(I)CC(F)(F)C(F)(F)C(F)(F)C(F)(F)C(F)(F)C(F)(F)CC(I)CCCCC(I)CC(F)(F)C(F)(F)C(F)(F)C(F)(F)C(F)(F)C(F)(F)CC(C)(I)C(=O)OCCN(C)C. The van der Waals surface area contributed by atoms with Crippen molar-refractivity contribution in [2.45, 2.75) is 170 Å². The van der Waals surface area contributed by atoms with Crippen molar-refractivity contribution in [1.82, 2.24) is 4.90 Å². The maximum atomic E-state index is 14.7. The number of unbranched alkanes of at least 4 members (excludes halogenated alkanes) is 3. The fourth-order valence-electron chi connectivity index (χ4n) is 5.69. The zero-order valence-corrected chi connectivity index (χ0v) is 43.4. The summed E-state index contributed by atoms with van der Waals surface area (Å²) in [7, 11) is 2.84. The molecule has 31 heteroatoms. The van der Waals surface area contributed by atoms with Crippen LogP contribution < -0.4 is 0 Å². The summed E-state index contributed by atoms with van der Waals surface area (Å²) in [6.07, 6.45) is -12.0. The van der Waals surface area contributed by atoms with Crippen LogP contribution in [-0.2, 0) is 9.53 Å². The Morgan fingerprint density at radius 3 is 1.04 bits per heavy atom. The van der Waals surface area contributed by atoms with Gasteiger partial charge in [0.05, 0.1) is 0 Å². The van der Waals surface area contributed by atoms with E-state index < -0.39 is 150 Å². The fraction of sp³-hybridized carbons (Fsp3) is 0.917. The molecular formula is C36H43F24I4NO2. The minimum Gasteiger partial charge on any atom is -0.463 e. The van der Waals surface area contributed by atoms with Crippen LogP contribution in [0.3, 0.4) is 0 Å². The number of hydrogen-bond donors (Lipinski definition) is 0. The number of ether oxygens (including phenoxy) is 1. The van der Waals surface area contributed by atoms with E-state index in [0.717, 1.165) is 67.8 Å². The first kappa shape index (κ1) is 67.4. The van der Waals surface area contributed by atoms with Gasteiger partial charge in [-0.25, -0.2) is 0 Å². The van der Waals surface area contributed by atoms with E-state index in [1.807, 2.05) is 0 Å². The molecule has 0 aliphatic rings. The van der Waals surface area contributed by atoms with Crippen LogP contribution in [-0.4, -0.2) is 124 Å². The first-order valence-corrected chi connectivity index (χ1v) is 23.9. The fourth-order valence-corrected chi connectivity index (χ4v) is 9.31. The zero-order valence-electron chi connectivity index (χ0n) is 34.8. The lowest BCUT2D eigenvalue weighted by Gasteiger charge is -2.42. The van der Waals surface area contributed by atoms with Crippen molar-refractivity contribution in [2.24, 2.45) is 0 Å². The van der Waals surface area contributed by atoms with Crippen LogP contribution in [0.2, 0.25) is 0 Å². The highest BCUT2D eigenvalue weighted by atomic mass is 127. The van der Waals surface area contributed by atoms with E-state index in [-0.39, 0.29) is 25.8 Å². The number of allylic oxidation sites excluding steroid dienone is 1. The number of hydrogen-bond acceptors (Lipinski definition) is 3. The predicted octanol–water partition coefficient (Wildman–Crippen LogP) is 16.2. The monoisotopic (exact) mass is 1480 g/mol. The summed E-state index contributed by atoms with van der Waals surface area (Å²) >= 11 is 3.38. The van der Waals surface area contributed by atoms with Gasteiger partial charge < -0.3 is 9.64 Å². The van der Waals surface area contributed by atoms with Crippen LogP contribution in [0.1, 0.15) is 84.0 Å². The molecule has 0 bridgehead atoms. The number of likely N-dealkylation sites (N-methyl/N-ethyl adjacent to an activating group) is 1. The molecule has 0 radical (unpaired) electrons. The molecule has 0 aromatic carbocycles. The van der Waals surface area contributed by atoms with E-state index in [0.29, 0.717) is 35.9 Å². The van der Waals surface area contributed by atoms with E-state index in [9.17, 15) is 110 Å². The van der Waals surface area contributed by atoms with Gasteiger partial charge >= 0.3 is 77.0 Å². The van der Waals surface area contributed by atoms with Crippen molar-refractivity contribution in [3.8, 4) is 0 Å². The standard InChI is InChI=1S/C36H43F24I4NO2/c1-5-6-7-8-11-20(61)16-25(37,38)29(45,46)33(53,54)34(55,56)30(47,48)26(39,40)17-21(62)12-9-10-13-22(63)18-27(41,42)31(49,50)35(57,58)36(59,60)32(51,52)28(43,44)19-24(2,64)23(66)67-15-14-65(3)4/h5,20-22H,1,6-19H2,2-4H3. The van der Waals surface area contributed by atoms with E-state index in [2.05, 4.69) is 11.3 Å². The molecule has 0 aliphatic heterocycles. The van der Waals surface area contributed by atoms with E-state index >= 15 is 0 Å². The molecule has 0 fully saturated rings. The molecule has 4 unspecified atom stereocenters. The van der Waals surface area contributed by atoms with Gasteiger partial charge in [0.15, 0.2) is 0 Å². The maximum absolute atomic E-state index is 14.7. The molecular weight excluding hydrogens is 1440 g/mol. The Labute approximate surface area is 423 Å². The second-order valence-corrected chi connectivity index (χ2v) is 23.7. The van der Waals surface area contributed by atoms with E-state index in [4.69, 9.17) is 0 Å². The molecule has 0 rings (SSSR count). The minimum atomic E-state index is -7.98. The zero-order chi connectivity index (χ0) is 53.7. The first-order chi connectivity index (χ1) is 29.5. The highest BCUT2D eigenvalue weighted by molar-refractivity contribution is 14.1. The van der Waals surface area contributed by atoms with Gasteiger partial charge in [-0.05, 0) is 53.1 Å². The van der Waals surface area contributed by atoms with Crippen molar-refractivity contribution < 1.29 is 115 Å². The van der Waals surface area contributed by atoms with E-state index in [1.54, 1.807) is 0 Å². The van der Waals surface area contributed by atoms with Gasteiger partial charge in [-0.15, -0.1) is 6.58 Å². The van der Waals surface area contributed by atoms with Gasteiger partial charge in [-0.3, -0.25) is 4.79 Å². The second kappa shape index (κ2) is 23.7. The Bertz CT molecular complexity index is 1600. The summed E-state index contributed by atoms with van der Waals surface area (Å²) in [4.78, 5) is 13.5. The summed E-state index contributed by atoms with van der Waals surface area (Å²) in [5.41, 5.74) is 0. The van der Waals surface area contributed by atoms with Crippen molar-refractivity contribution in [3.05, 3.63) is 12.7 Å². The average molecular weight is 1490 g/mol. The topological polar surface area (TPSA) is 29.5 Å². The summed E-state index contributed by atoms with van der Waals surface area (Å²) in [6, 6.07) is 0. The number of rotatable bonds is 32. The van der Waals surface area contributed by atoms with Crippen molar-refractivity contribution in [2.75, 3.05) is 27.2 Å². The quantitative estimate of drug-likeness (QED) is 0.0168.